The SMILES string of the molecule is Cn1c(=O)n(CC(C)(C)C)c2ccc(-c3cc(CN4CCc5onc(O)c5C4)ccc3C#N)nc21. The Kier molecular flexibility index (Phi) is 5.49. The van der Waals surface area contributed by atoms with Crippen molar-refractivity contribution in [3.63, 3.8) is 0 Å². The van der Waals surface area contributed by atoms with Crippen LogP contribution in [0.3, 0.4) is 0 Å². The average Bonchev–Trinajstić information content (AvgIpc) is 3.30. The zero-order valence-electron chi connectivity index (χ0n) is 20.4. The largest absolute Gasteiger partial charge is 0.491 e. The van der Waals surface area contributed by atoms with E-state index in [1.165, 1.54) is 0 Å². The number of rotatable bonds is 4. The molecule has 0 saturated carbocycles. The standard InChI is InChI=1S/C26H28N6O3/c1-26(2,3)15-32-21-8-7-20(28-23(21)30(4)25(32)34)18-11-16(5-6-17(18)12-27)13-31-10-9-22-19(14-31)24(33)29-35-22/h5-8,11H,9-10,13-15H2,1-4H3,(H,29,33). The highest BCUT2D eigenvalue weighted by Gasteiger charge is 2.24. The van der Waals surface area contributed by atoms with Gasteiger partial charge in [0.15, 0.2) is 5.65 Å². The molecule has 35 heavy (non-hydrogen) atoms. The van der Waals surface area contributed by atoms with Crippen molar-refractivity contribution >= 4 is 11.2 Å². The van der Waals surface area contributed by atoms with Crippen molar-refractivity contribution in [2.24, 2.45) is 12.5 Å². The molecule has 4 heterocycles. The number of nitriles is 1. The van der Waals surface area contributed by atoms with E-state index in [0.29, 0.717) is 43.0 Å². The lowest BCUT2D eigenvalue weighted by molar-refractivity contribution is 0.228. The van der Waals surface area contributed by atoms with Crippen LogP contribution in [0.15, 0.2) is 39.6 Å². The minimum absolute atomic E-state index is 0.0493. The number of fused-ring (bicyclic) bond motifs is 2. The third-order valence-electron chi connectivity index (χ3n) is 6.39. The molecule has 0 unspecified atom stereocenters. The molecule has 4 aromatic rings. The molecule has 0 atom stereocenters. The number of nitrogens with zero attached hydrogens (tertiary/aromatic N) is 6. The quantitative estimate of drug-likeness (QED) is 0.483. The lowest BCUT2D eigenvalue weighted by Crippen LogP contribution is -2.29. The second-order valence-corrected chi connectivity index (χ2v) is 10.4. The number of imidazole rings is 1. The summed E-state index contributed by atoms with van der Waals surface area (Å²) in [6.07, 6.45) is 0.684. The number of aromatic nitrogens is 4. The molecule has 0 aliphatic carbocycles. The Balaban J connectivity index is 1.50. The monoisotopic (exact) mass is 472 g/mol. The van der Waals surface area contributed by atoms with E-state index in [9.17, 15) is 15.2 Å². The summed E-state index contributed by atoms with van der Waals surface area (Å²) in [6, 6.07) is 11.8. The Morgan fingerprint density at radius 1 is 1.23 bits per heavy atom. The predicted molar refractivity (Wildman–Crippen MR) is 131 cm³/mol. The van der Waals surface area contributed by atoms with Crippen LogP contribution in [0, 0.1) is 16.7 Å². The van der Waals surface area contributed by atoms with E-state index < -0.39 is 0 Å². The Hall–Kier alpha value is -3.90. The molecule has 5 rings (SSSR count). The maximum Gasteiger partial charge on any atom is 0.330 e. The van der Waals surface area contributed by atoms with Gasteiger partial charge in [-0.05, 0) is 40.4 Å². The fourth-order valence-electron chi connectivity index (χ4n) is 4.69. The van der Waals surface area contributed by atoms with Gasteiger partial charge in [-0.25, -0.2) is 9.78 Å². The molecule has 1 N–H and O–H groups in total. The molecule has 9 nitrogen and oxygen atoms in total. The summed E-state index contributed by atoms with van der Waals surface area (Å²) in [7, 11) is 1.73. The van der Waals surface area contributed by atoms with Gasteiger partial charge in [-0.3, -0.25) is 14.0 Å². The molecule has 3 aromatic heterocycles. The normalized spacial score (nSPS) is 14.3. The van der Waals surface area contributed by atoms with Gasteiger partial charge >= 0.3 is 5.69 Å². The van der Waals surface area contributed by atoms with Crippen LogP contribution in [0.4, 0.5) is 0 Å². The lowest BCUT2D eigenvalue weighted by Gasteiger charge is -2.25. The molecular weight excluding hydrogens is 444 g/mol. The molecule has 0 fully saturated rings. The Labute approximate surface area is 202 Å². The number of hydrogen-bond donors (Lipinski definition) is 1. The van der Waals surface area contributed by atoms with Crippen LogP contribution < -0.4 is 5.69 Å². The second kappa shape index (κ2) is 8.40. The van der Waals surface area contributed by atoms with Crippen molar-refractivity contribution in [2.75, 3.05) is 6.54 Å². The highest BCUT2D eigenvalue weighted by Crippen LogP contribution is 2.30. The number of aryl methyl sites for hydroxylation is 1. The van der Waals surface area contributed by atoms with Gasteiger partial charge in [0, 0.05) is 45.2 Å². The first-order valence-electron chi connectivity index (χ1n) is 11.6. The first-order chi connectivity index (χ1) is 16.6. The summed E-state index contributed by atoms with van der Waals surface area (Å²) in [5.41, 5.74) is 4.88. The van der Waals surface area contributed by atoms with Crippen molar-refractivity contribution in [1.82, 2.24) is 24.2 Å². The lowest BCUT2D eigenvalue weighted by atomic mass is 9.97. The summed E-state index contributed by atoms with van der Waals surface area (Å²) < 4.78 is 8.51. The zero-order valence-corrected chi connectivity index (χ0v) is 20.4. The second-order valence-electron chi connectivity index (χ2n) is 10.4. The smallest absolute Gasteiger partial charge is 0.330 e. The molecule has 1 aliphatic heterocycles. The number of hydrogen-bond acceptors (Lipinski definition) is 7. The molecule has 180 valence electrons. The molecule has 0 spiro atoms. The van der Waals surface area contributed by atoms with Crippen molar-refractivity contribution in [3.8, 4) is 23.2 Å². The van der Waals surface area contributed by atoms with Crippen LogP contribution in [0.25, 0.3) is 22.4 Å². The first-order valence-corrected chi connectivity index (χ1v) is 11.6. The van der Waals surface area contributed by atoms with Crippen LogP contribution in [-0.2, 0) is 33.1 Å². The molecule has 0 bridgehead atoms. The van der Waals surface area contributed by atoms with Gasteiger partial charge in [-0.1, -0.05) is 26.8 Å². The van der Waals surface area contributed by atoms with Crippen LogP contribution in [0.5, 0.6) is 5.88 Å². The Morgan fingerprint density at radius 2 is 2.03 bits per heavy atom. The summed E-state index contributed by atoms with van der Waals surface area (Å²) in [6.45, 7) is 8.85. The molecule has 0 amide bonds. The fourth-order valence-corrected chi connectivity index (χ4v) is 4.69. The molecular formula is C26H28N6O3. The van der Waals surface area contributed by atoms with E-state index in [1.807, 2.05) is 30.3 Å². The van der Waals surface area contributed by atoms with Crippen LogP contribution in [0.2, 0.25) is 0 Å². The topological polar surface area (TPSA) is 113 Å². The van der Waals surface area contributed by atoms with E-state index in [0.717, 1.165) is 34.5 Å². The van der Waals surface area contributed by atoms with Gasteiger partial charge < -0.3 is 9.63 Å². The van der Waals surface area contributed by atoms with Crippen molar-refractivity contribution < 1.29 is 9.63 Å². The average molecular weight is 473 g/mol. The van der Waals surface area contributed by atoms with Crippen LogP contribution in [-0.4, -0.2) is 35.8 Å². The van der Waals surface area contributed by atoms with Crippen LogP contribution >= 0.6 is 0 Å². The van der Waals surface area contributed by atoms with E-state index >= 15 is 0 Å². The van der Waals surface area contributed by atoms with Crippen molar-refractivity contribution in [1.29, 1.82) is 5.26 Å². The number of benzene rings is 1. The fraction of sp³-hybridized carbons (Fsp3) is 0.385. The molecule has 0 saturated heterocycles. The molecule has 9 heteroatoms. The zero-order chi connectivity index (χ0) is 24.9. The number of pyridine rings is 1. The minimum atomic E-state index is -0.102. The van der Waals surface area contributed by atoms with Crippen molar-refractivity contribution in [2.45, 2.75) is 46.8 Å². The summed E-state index contributed by atoms with van der Waals surface area (Å²) >= 11 is 0. The van der Waals surface area contributed by atoms with Gasteiger partial charge in [0.2, 0.25) is 0 Å². The highest BCUT2D eigenvalue weighted by molar-refractivity contribution is 5.78. The van der Waals surface area contributed by atoms with Gasteiger partial charge in [0.05, 0.1) is 28.4 Å². The van der Waals surface area contributed by atoms with Gasteiger partial charge in [0.1, 0.15) is 5.76 Å². The van der Waals surface area contributed by atoms with E-state index in [4.69, 9.17) is 9.51 Å². The van der Waals surface area contributed by atoms with Crippen LogP contribution in [0.1, 0.15) is 43.2 Å². The molecule has 0 radical (unpaired) electrons. The Morgan fingerprint density at radius 3 is 2.77 bits per heavy atom. The van der Waals surface area contributed by atoms with Gasteiger partial charge in [-0.15, -0.1) is 0 Å². The van der Waals surface area contributed by atoms with Gasteiger partial charge in [0.25, 0.3) is 5.88 Å². The third kappa shape index (κ3) is 4.21. The first kappa shape index (κ1) is 22.9. The van der Waals surface area contributed by atoms with E-state index in [-0.39, 0.29) is 17.0 Å². The Bertz CT molecular complexity index is 1530. The maximum atomic E-state index is 12.9. The van der Waals surface area contributed by atoms with Crippen molar-refractivity contribution in [3.05, 3.63) is 63.3 Å². The number of aromatic hydroxyl groups is 1. The van der Waals surface area contributed by atoms with Gasteiger partial charge in [-0.2, -0.15) is 5.26 Å². The highest BCUT2D eigenvalue weighted by atomic mass is 16.5. The van der Waals surface area contributed by atoms with E-state index in [2.05, 4.69) is 36.9 Å². The predicted octanol–water partition coefficient (Wildman–Crippen LogP) is 3.57. The maximum absolute atomic E-state index is 12.9. The van der Waals surface area contributed by atoms with E-state index in [1.54, 1.807) is 16.2 Å². The summed E-state index contributed by atoms with van der Waals surface area (Å²) in [5, 5.41) is 23.4. The summed E-state index contributed by atoms with van der Waals surface area (Å²) in [5.74, 6) is 0.688. The molecule has 1 aromatic carbocycles. The summed E-state index contributed by atoms with van der Waals surface area (Å²) in [4.78, 5) is 19.9. The third-order valence-corrected chi connectivity index (χ3v) is 6.39. The minimum Gasteiger partial charge on any atom is -0.491 e. The molecule has 1 aliphatic rings.